The maximum absolute atomic E-state index is 13.5. The van der Waals surface area contributed by atoms with Crippen molar-refractivity contribution in [3.8, 4) is 0 Å². The lowest BCUT2D eigenvalue weighted by Crippen LogP contribution is -1.87. The van der Waals surface area contributed by atoms with Gasteiger partial charge in [0.05, 0.1) is 4.92 Å². The van der Waals surface area contributed by atoms with E-state index in [9.17, 15) is 23.7 Å². The van der Waals surface area contributed by atoms with E-state index >= 15 is 0 Å². The molecule has 0 fully saturated rings. The fourth-order valence-corrected chi connectivity index (χ4v) is 3.74. The molecule has 0 atom stereocenters. The van der Waals surface area contributed by atoms with Gasteiger partial charge in [0, 0.05) is 28.3 Å². The molecule has 2 rings (SSSR count). The van der Waals surface area contributed by atoms with Gasteiger partial charge in [0.25, 0.3) is 5.69 Å². The van der Waals surface area contributed by atoms with E-state index in [1.54, 1.807) is 0 Å². The largest absolute Gasteiger partial charge is 0.303 e. The van der Waals surface area contributed by atoms with Crippen LogP contribution < -0.4 is 0 Å². The van der Waals surface area contributed by atoms with Gasteiger partial charge in [-0.15, -0.1) is 11.3 Å². The van der Waals surface area contributed by atoms with Crippen LogP contribution in [0.15, 0.2) is 33.4 Å². The van der Waals surface area contributed by atoms with E-state index in [1.165, 1.54) is 12.1 Å². The summed E-state index contributed by atoms with van der Waals surface area (Å²) in [5.41, 5.74) is -0.180. The van der Waals surface area contributed by atoms with E-state index < -0.39 is 16.6 Å². The quantitative estimate of drug-likeness (QED) is 0.478. The van der Waals surface area contributed by atoms with Gasteiger partial charge in [-0.1, -0.05) is 11.8 Å². The lowest BCUT2D eigenvalue weighted by atomic mass is 10.3. The normalized spacial score (nSPS) is 10.5. The molecule has 2 aromatic rings. The van der Waals surface area contributed by atoms with Crippen molar-refractivity contribution >= 4 is 35.1 Å². The minimum absolute atomic E-state index is 0.0674. The highest BCUT2D eigenvalue weighted by atomic mass is 32.2. The first-order chi connectivity index (χ1) is 9.51. The summed E-state index contributed by atoms with van der Waals surface area (Å²) in [4.78, 5) is 21.4. The first-order valence-electron chi connectivity index (χ1n) is 5.35. The van der Waals surface area contributed by atoms with E-state index in [-0.39, 0.29) is 21.2 Å². The smallest absolute Gasteiger partial charge is 0.294 e. The molecule has 0 saturated carbocycles. The van der Waals surface area contributed by atoms with Gasteiger partial charge in [-0.3, -0.25) is 10.1 Å². The number of hydrogen-bond acceptors (Lipinski definition) is 5. The average molecular weight is 315 g/mol. The standard InChI is InChI=1S/C12H7F2NO3S2/c13-7-1-2-11(9(14)5-7)20-12-10(15(17)18)6-8(19-12)3-4-16/h1-2,4-6H,3H2. The van der Waals surface area contributed by atoms with Crippen molar-refractivity contribution in [3.05, 3.63) is 50.9 Å². The van der Waals surface area contributed by atoms with E-state index in [0.29, 0.717) is 17.2 Å². The fraction of sp³-hybridized carbons (Fsp3) is 0.0833. The molecule has 0 aliphatic heterocycles. The first kappa shape index (κ1) is 14.6. The maximum atomic E-state index is 13.5. The zero-order valence-electron chi connectivity index (χ0n) is 9.84. The molecule has 0 N–H and O–H groups in total. The van der Waals surface area contributed by atoms with Crippen molar-refractivity contribution in [2.24, 2.45) is 0 Å². The molecule has 1 heterocycles. The van der Waals surface area contributed by atoms with Crippen molar-refractivity contribution < 1.29 is 18.5 Å². The molecule has 1 aromatic carbocycles. The van der Waals surface area contributed by atoms with E-state index in [2.05, 4.69) is 0 Å². The minimum Gasteiger partial charge on any atom is -0.303 e. The molecular weight excluding hydrogens is 308 g/mol. The second kappa shape index (κ2) is 6.10. The maximum Gasteiger partial charge on any atom is 0.294 e. The highest BCUT2D eigenvalue weighted by molar-refractivity contribution is 8.01. The van der Waals surface area contributed by atoms with Crippen molar-refractivity contribution in [3.63, 3.8) is 0 Å². The first-order valence-corrected chi connectivity index (χ1v) is 6.98. The highest BCUT2D eigenvalue weighted by Gasteiger charge is 2.21. The zero-order valence-corrected chi connectivity index (χ0v) is 11.5. The molecule has 8 heteroatoms. The Morgan fingerprint density at radius 3 is 2.70 bits per heavy atom. The number of halogens is 2. The van der Waals surface area contributed by atoms with Gasteiger partial charge in [-0.25, -0.2) is 8.78 Å². The van der Waals surface area contributed by atoms with Crippen molar-refractivity contribution in [1.82, 2.24) is 0 Å². The number of nitrogens with zero attached hydrogens (tertiary/aromatic N) is 1. The van der Waals surface area contributed by atoms with E-state index in [0.717, 1.165) is 29.2 Å². The lowest BCUT2D eigenvalue weighted by molar-refractivity contribution is -0.387. The van der Waals surface area contributed by atoms with Crippen LogP contribution in [0.25, 0.3) is 0 Å². The average Bonchev–Trinajstić information content (AvgIpc) is 2.76. The molecule has 1 aromatic heterocycles. The summed E-state index contributed by atoms with van der Waals surface area (Å²) in [6.45, 7) is 0. The number of nitro groups is 1. The van der Waals surface area contributed by atoms with Crippen LogP contribution in [0.4, 0.5) is 14.5 Å². The van der Waals surface area contributed by atoms with Crippen LogP contribution in [0.1, 0.15) is 4.88 Å². The van der Waals surface area contributed by atoms with Crippen LogP contribution in [-0.4, -0.2) is 11.2 Å². The second-order valence-electron chi connectivity index (χ2n) is 3.69. The third-order valence-electron chi connectivity index (χ3n) is 2.31. The van der Waals surface area contributed by atoms with Crippen LogP contribution in [0, 0.1) is 21.7 Å². The van der Waals surface area contributed by atoms with Crippen LogP contribution >= 0.6 is 23.1 Å². The number of carbonyl (C=O) groups excluding carboxylic acids is 1. The number of benzene rings is 1. The molecule has 0 amide bonds. The molecule has 0 saturated heterocycles. The van der Waals surface area contributed by atoms with Crippen LogP contribution in [0.3, 0.4) is 0 Å². The Morgan fingerprint density at radius 1 is 1.35 bits per heavy atom. The molecule has 104 valence electrons. The lowest BCUT2D eigenvalue weighted by Gasteiger charge is -2.00. The van der Waals surface area contributed by atoms with Gasteiger partial charge in [0.15, 0.2) is 0 Å². The van der Waals surface area contributed by atoms with E-state index in [4.69, 9.17) is 0 Å². The van der Waals surface area contributed by atoms with Crippen molar-refractivity contribution in [1.29, 1.82) is 0 Å². The molecule has 20 heavy (non-hydrogen) atoms. The number of hydrogen-bond donors (Lipinski definition) is 0. The predicted octanol–water partition coefficient (Wildman–Crippen LogP) is 3.83. The van der Waals surface area contributed by atoms with Gasteiger partial charge in [-0.2, -0.15) is 0 Å². The summed E-state index contributed by atoms with van der Waals surface area (Å²) >= 11 is 1.89. The summed E-state index contributed by atoms with van der Waals surface area (Å²) in [6.07, 6.45) is 0.709. The Balaban J connectivity index is 2.36. The molecule has 0 unspecified atom stereocenters. The SMILES string of the molecule is O=CCc1cc([N+](=O)[O-])c(Sc2ccc(F)cc2F)s1. The Bertz CT molecular complexity index is 673. The second-order valence-corrected chi connectivity index (χ2v) is 6.14. The number of aldehydes is 1. The Morgan fingerprint density at radius 2 is 2.10 bits per heavy atom. The summed E-state index contributed by atoms with van der Waals surface area (Å²) in [7, 11) is 0. The number of rotatable bonds is 5. The molecule has 0 radical (unpaired) electrons. The topological polar surface area (TPSA) is 60.2 Å². The summed E-state index contributed by atoms with van der Waals surface area (Å²) < 4.78 is 26.6. The van der Waals surface area contributed by atoms with Gasteiger partial charge >= 0.3 is 0 Å². The van der Waals surface area contributed by atoms with Gasteiger partial charge in [0.2, 0.25) is 0 Å². The molecular formula is C12H7F2NO3S2. The minimum atomic E-state index is -0.783. The van der Waals surface area contributed by atoms with Gasteiger partial charge in [0.1, 0.15) is 22.1 Å². The van der Waals surface area contributed by atoms with Crippen LogP contribution in [-0.2, 0) is 11.2 Å². The monoisotopic (exact) mass is 315 g/mol. The molecule has 0 bridgehead atoms. The Kier molecular flexibility index (Phi) is 4.46. The van der Waals surface area contributed by atoms with Crippen molar-refractivity contribution in [2.45, 2.75) is 15.5 Å². The number of carbonyl (C=O) groups is 1. The van der Waals surface area contributed by atoms with E-state index in [1.807, 2.05) is 0 Å². The highest BCUT2D eigenvalue weighted by Crippen LogP contribution is 2.42. The van der Waals surface area contributed by atoms with Crippen molar-refractivity contribution in [2.75, 3.05) is 0 Å². The molecule has 0 spiro atoms. The Hall–Kier alpha value is -1.80. The van der Waals surface area contributed by atoms with Crippen LogP contribution in [0.2, 0.25) is 0 Å². The molecule has 4 nitrogen and oxygen atoms in total. The fourth-order valence-electron chi connectivity index (χ4n) is 1.45. The number of thiophene rings is 1. The zero-order chi connectivity index (χ0) is 14.7. The molecule has 0 aliphatic carbocycles. The summed E-state index contributed by atoms with van der Waals surface area (Å²) in [6, 6.07) is 4.31. The predicted molar refractivity (Wildman–Crippen MR) is 71.2 cm³/mol. The Labute approximate surface area is 120 Å². The summed E-state index contributed by atoms with van der Waals surface area (Å²) in [5, 5.41) is 10.9. The van der Waals surface area contributed by atoms with Gasteiger partial charge in [-0.05, 0) is 12.1 Å². The van der Waals surface area contributed by atoms with Gasteiger partial charge < -0.3 is 4.79 Å². The summed E-state index contributed by atoms with van der Waals surface area (Å²) in [5.74, 6) is -1.50. The third-order valence-corrected chi connectivity index (χ3v) is 4.70. The molecule has 0 aliphatic rings. The van der Waals surface area contributed by atoms with Crippen LogP contribution in [0.5, 0.6) is 0 Å². The third kappa shape index (κ3) is 3.20.